The summed E-state index contributed by atoms with van der Waals surface area (Å²) in [4.78, 5) is 5.30. The smallest absolute Gasteiger partial charge is 0.252 e. The van der Waals surface area contributed by atoms with Crippen LogP contribution in [0.1, 0.15) is 58.2 Å². The monoisotopic (exact) mass is 1330 g/mol. The summed E-state index contributed by atoms with van der Waals surface area (Å²) in [6.07, 6.45) is 0. The van der Waals surface area contributed by atoms with Crippen molar-refractivity contribution in [1.29, 1.82) is 5.26 Å². The van der Waals surface area contributed by atoms with Crippen LogP contribution in [0.2, 0.25) is 0 Å². The van der Waals surface area contributed by atoms with E-state index in [1.165, 1.54) is 16.5 Å². The van der Waals surface area contributed by atoms with Crippen LogP contribution in [0.25, 0.3) is 117 Å². The zero-order valence-corrected chi connectivity index (χ0v) is 59.3. The number of nitriles is 1. The average molecular weight is 1330 g/mol. The first-order valence-electron chi connectivity index (χ1n) is 36.2. The molecular formula is C99H75BN4. The second-order valence-electron chi connectivity index (χ2n) is 29.9. The Morgan fingerprint density at radius 1 is 0.288 bits per heavy atom. The Balaban J connectivity index is 1.08. The molecule has 16 aromatic rings. The molecule has 15 aromatic carbocycles. The van der Waals surface area contributed by atoms with Crippen molar-refractivity contribution < 1.29 is 0 Å². The molecule has 0 unspecified atom stereocenters. The highest BCUT2D eigenvalue weighted by Gasteiger charge is 2.46. The molecule has 1 aromatic heterocycles. The van der Waals surface area contributed by atoms with Gasteiger partial charge in [0.2, 0.25) is 0 Å². The Morgan fingerprint density at radius 2 is 0.625 bits per heavy atom. The fourth-order valence-corrected chi connectivity index (χ4v) is 16.3. The molecule has 0 bridgehead atoms. The Hall–Kier alpha value is -12.7. The molecule has 2 aliphatic heterocycles. The normalized spacial score (nSPS) is 12.5. The largest absolute Gasteiger partial charge is 0.310 e. The zero-order valence-electron chi connectivity index (χ0n) is 59.3. The second kappa shape index (κ2) is 25.4. The van der Waals surface area contributed by atoms with Gasteiger partial charge in [0.05, 0.1) is 33.7 Å². The number of anilines is 6. The van der Waals surface area contributed by atoms with Crippen molar-refractivity contribution in [3.63, 3.8) is 0 Å². The molecule has 2 aliphatic rings. The van der Waals surface area contributed by atoms with Gasteiger partial charge >= 0.3 is 0 Å². The molecule has 494 valence electrons. The molecule has 0 atom stereocenters. The Kier molecular flexibility index (Phi) is 15.5. The molecule has 104 heavy (non-hydrogen) atoms. The van der Waals surface area contributed by atoms with Crippen LogP contribution in [-0.4, -0.2) is 11.3 Å². The Morgan fingerprint density at radius 3 is 0.971 bits per heavy atom. The summed E-state index contributed by atoms with van der Waals surface area (Å²) >= 11 is 0. The van der Waals surface area contributed by atoms with Gasteiger partial charge in [-0.1, -0.05) is 315 Å². The van der Waals surface area contributed by atoms with Crippen LogP contribution in [-0.2, 0) is 10.8 Å². The molecule has 18 rings (SSSR count). The summed E-state index contributed by atoms with van der Waals surface area (Å²) in [5, 5.41) is 14.1. The lowest BCUT2D eigenvalue weighted by Crippen LogP contribution is -2.61. The predicted molar refractivity (Wildman–Crippen MR) is 440 cm³/mol. The van der Waals surface area contributed by atoms with Gasteiger partial charge in [0.25, 0.3) is 6.71 Å². The van der Waals surface area contributed by atoms with Crippen LogP contribution < -0.4 is 26.2 Å². The maximum absolute atomic E-state index is 11.9. The minimum Gasteiger partial charge on any atom is -0.310 e. The maximum atomic E-state index is 11.9. The lowest BCUT2D eigenvalue weighted by atomic mass is 9.33. The first-order chi connectivity index (χ1) is 50.8. The maximum Gasteiger partial charge on any atom is 0.252 e. The predicted octanol–water partition coefficient (Wildman–Crippen LogP) is 24.7. The summed E-state index contributed by atoms with van der Waals surface area (Å²) < 4.78 is 2.44. The summed E-state index contributed by atoms with van der Waals surface area (Å²) in [5.41, 5.74) is 33.0. The fraction of sp³-hybridized carbons (Fsp3) is 0.0808. The third kappa shape index (κ3) is 10.9. The third-order valence-electron chi connectivity index (χ3n) is 21.5. The van der Waals surface area contributed by atoms with Crippen LogP contribution in [0.4, 0.5) is 34.1 Å². The minimum absolute atomic E-state index is 0.165. The van der Waals surface area contributed by atoms with E-state index < -0.39 is 0 Å². The van der Waals surface area contributed by atoms with E-state index in [0.29, 0.717) is 5.56 Å². The Labute approximate surface area is 610 Å². The molecule has 4 nitrogen and oxygen atoms in total. The van der Waals surface area contributed by atoms with Gasteiger partial charge in [0.1, 0.15) is 6.07 Å². The van der Waals surface area contributed by atoms with Gasteiger partial charge in [-0.3, -0.25) is 0 Å². The van der Waals surface area contributed by atoms with Crippen LogP contribution in [0.5, 0.6) is 0 Å². The van der Waals surface area contributed by atoms with E-state index in [2.05, 4.69) is 408 Å². The van der Waals surface area contributed by atoms with Crippen molar-refractivity contribution >= 4 is 79.0 Å². The average Bonchev–Trinajstić information content (AvgIpc) is 0.820. The molecule has 5 heteroatoms. The SMILES string of the molecule is CC(C)(C)c1ccc2c(c1)c1cc(C(C)(C)C)cc(C#N)c1n2-c1cc2c3c(c1)N(c1c(-c4ccccc4)cc(-c4ccccc4)cc1-c1ccccc1)c1ccc(-c4ccccc4)cc1B3c1cc(-c3ccccc3)ccc1N2c1c(-c2ccccc2)cc(-c2ccccc2)cc1-c1ccccc1. The van der Waals surface area contributed by atoms with Crippen LogP contribution in [0.3, 0.4) is 0 Å². The number of aromatic nitrogens is 1. The molecule has 0 spiro atoms. The van der Waals surface area contributed by atoms with E-state index in [9.17, 15) is 5.26 Å². The van der Waals surface area contributed by atoms with Crippen molar-refractivity contribution in [1.82, 2.24) is 4.57 Å². The topological polar surface area (TPSA) is 35.2 Å². The summed E-state index contributed by atoms with van der Waals surface area (Å²) in [6.45, 7) is 13.3. The third-order valence-corrected chi connectivity index (χ3v) is 21.5. The van der Waals surface area contributed by atoms with Gasteiger partial charge in [-0.15, -0.1) is 0 Å². The van der Waals surface area contributed by atoms with Crippen LogP contribution in [0.15, 0.2) is 346 Å². The minimum atomic E-state index is -0.330. The van der Waals surface area contributed by atoms with Gasteiger partial charge < -0.3 is 14.4 Å². The molecule has 0 amide bonds. The number of fused-ring (bicyclic) bond motifs is 7. The molecule has 3 heterocycles. The van der Waals surface area contributed by atoms with Gasteiger partial charge in [-0.25, -0.2) is 0 Å². The summed E-state index contributed by atoms with van der Waals surface area (Å²) in [6, 6.07) is 131. The number of rotatable bonds is 11. The van der Waals surface area contributed by atoms with E-state index >= 15 is 0 Å². The van der Waals surface area contributed by atoms with Crippen LogP contribution >= 0.6 is 0 Å². The van der Waals surface area contributed by atoms with E-state index in [0.717, 1.165) is 162 Å². The molecule has 0 radical (unpaired) electrons. The van der Waals surface area contributed by atoms with Crippen molar-refractivity contribution in [3.05, 3.63) is 362 Å². The van der Waals surface area contributed by atoms with Crippen molar-refractivity contribution in [2.24, 2.45) is 0 Å². The number of nitrogens with zero attached hydrogens (tertiary/aromatic N) is 4. The molecule has 0 saturated carbocycles. The molecule has 0 fully saturated rings. The quantitative estimate of drug-likeness (QED) is 0.121. The van der Waals surface area contributed by atoms with Gasteiger partial charge in [-0.05, 0) is 178 Å². The summed E-state index contributed by atoms with van der Waals surface area (Å²) in [5.74, 6) is 0. The first-order valence-corrected chi connectivity index (χ1v) is 36.2. The van der Waals surface area contributed by atoms with Crippen molar-refractivity contribution in [3.8, 4) is 101 Å². The van der Waals surface area contributed by atoms with Gasteiger partial charge in [0, 0.05) is 55.8 Å². The lowest BCUT2D eigenvalue weighted by molar-refractivity contribution is 0.590. The molecular weight excluding hydrogens is 1260 g/mol. The highest BCUT2D eigenvalue weighted by Crippen LogP contribution is 2.56. The molecule has 0 saturated heterocycles. The number of benzene rings is 15. The standard InChI is InChI=1S/C99H75BN4/c1-98(2,3)78-49-52-89-85(60-78)86-61-79(99(4,5)6)53-77(64-101)95(86)102(89)80-62-92-94-93(63-80)104(97-83(71-43-27-13-28-44-71)56-76(68-37-21-10-22-38-68)57-84(97)72-45-29-14-30-46-72)91-51-48-74(66-33-17-8-18-34-66)59-88(91)100(94)87-58-73(65-31-15-7-16-32-65)47-50-90(87)103(92)96-81(69-39-23-11-24-40-69)54-75(67-35-19-9-20-36-67)55-82(96)70-41-25-12-26-42-70/h7-63H,1-6H3. The number of hydrogen-bond acceptors (Lipinski definition) is 3. The zero-order chi connectivity index (χ0) is 70.4. The van der Waals surface area contributed by atoms with Gasteiger partial charge in [0.15, 0.2) is 0 Å². The fourth-order valence-electron chi connectivity index (χ4n) is 16.3. The number of hydrogen-bond donors (Lipinski definition) is 0. The van der Waals surface area contributed by atoms with E-state index in [1.54, 1.807) is 0 Å². The van der Waals surface area contributed by atoms with E-state index in [4.69, 9.17) is 0 Å². The highest BCUT2D eigenvalue weighted by atomic mass is 15.2. The summed E-state index contributed by atoms with van der Waals surface area (Å²) in [7, 11) is 0. The van der Waals surface area contributed by atoms with E-state index in [-0.39, 0.29) is 17.5 Å². The lowest BCUT2D eigenvalue weighted by Gasteiger charge is -2.46. The Bertz CT molecular complexity index is 5620. The van der Waals surface area contributed by atoms with Crippen molar-refractivity contribution in [2.75, 3.05) is 9.80 Å². The molecule has 0 N–H and O–H groups in total. The second-order valence-corrected chi connectivity index (χ2v) is 29.9. The van der Waals surface area contributed by atoms with Gasteiger partial charge in [-0.2, -0.15) is 5.26 Å². The van der Waals surface area contributed by atoms with E-state index in [1.807, 2.05) is 0 Å². The van der Waals surface area contributed by atoms with Crippen molar-refractivity contribution in [2.45, 2.75) is 52.4 Å². The van der Waals surface area contributed by atoms with Crippen LogP contribution in [0, 0.1) is 11.3 Å². The first kappa shape index (κ1) is 63.4. The molecule has 0 aliphatic carbocycles. The highest BCUT2D eigenvalue weighted by molar-refractivity contribution is 7.00.